The van der Waals surface area contributed by atoms with Crippen LogP contribution in [0.2, 0.25) is 0 Å². The maximum absolute atomic E-state index is 11.7. The van der Waals surface area contributed by atoms with Crippen molar-refractivity contribution in [3.05, 3.63) is 24.3 Å². The highest BCUT2D eigenvalue weighted by atomic mass is 16.5. The van der Waals surface area contributed by atoms with E-state index in [0.29, 0.717) is 18.0 Å². The second-order valence-electron chi connectivity index (χ2n) is 5.90. The molecule has 1 aromatic rings. The van der Waals surface area contributed by atoms with Crippen LogP contribution < -0.4 is 20.1 Å². The van der Waals surface area contributed by atoms with Gasteiger partial charge in [-0.05, 0) is 37.2 Å². The number of carbonyl (C=O) groups is 2. The molecule has 0 radical (unpaired) electrons. The Kier molecular flexibility index (Phi) is 8.71. The molecule has 8 heteroatoms. The highest BCUT2D eigenvalue weighted by molar-refractivity contribution is 5.85. The van der Waals surface area contributed by atoms with Crippen LogP contribution in [0.5, 0.6) is 11.5 Å². The molecule has 26 heavy (non-hydrogen) atoms. The monoisotopic (exact) mass is 365 g/mol. The van der Waals surface area contributed by atoms with Crippen molar-refractivity contribution in [1.82, 2.24) is 15.5 Å². The van der Waals surface area contributed by atoms with Gasteiger partial charge in [0.1, 0.15) is 11.5 Å². The zero-order chi connectivity index (χ0) is 18.6. The highest BCUT2D eigenvalue weighted by Gasteiger charge is 2.10. The number of amides is 2. The summed E-state index contributed by atoms with van der Waals surface area (Å²) in [6.07, 6.45) is 0.875. The summed E-state index contributed by atoms with van der Waals surface area (Å²) in [6.45, 7) is 4.77. The Labute approximate surface area is 153 Å². The fraction of sp³-hybridized carbons (Fsp3) is 0.556. The smallest absolute Gasteiger partial charge is 0.258 e. The SMILES string of the molecule is COc1ccc(OCC(=O)NCC(=O)NCCCN2CCOCC2)cc1. The van der Waals surface area contributed by atoms with Crippen LogP contribution in [0.1, 0.15) is 6.42 Å². The predicted octanol–water partition coefficient (Wildman–Crippen LogP) is 0.0287. The van der Waals surface area contributed by atoms with Crippen LogP contribution in [0.3, 0.4) is 0 Å². The van der Waals surface area contributed by atoms with Gasteiger partial charge >= 0.3 is 0 Å². The molecule has 0 aliphatic carbocycles. The largest absolute Gasteiger partial charge is 0.497 e. The normalized spacial score (nSPS) is 14.5. The lowest BCUT2D eigenvalue weighted by Gasteiger charge is -2.26. The third-order valence-electron chi connectivity index (χ3n) is 3.95. The molecule has 1 aliphatic heterocycles. The average molecular weight is 365 g/mol. The first kappa shape index (κ1) is 20.0. The molecule has 2 rings (SSSR count). The summed E-state index contributed by atoms with van der Waals surface area (Å²) >= 11 is 0. The van der Waals surface area contributed by atoms with Crippen molar-refractivity contribution >= 4 is 11.8 Å². The van der Waals surface area contributed by atoms with Gasteiger partial charge in [-0.2, -0.15) is 0 Å². The molecule has 0 aromatic heterocycles. The maximum Gasteiger partial charge on any atom is 0.258 e. The zero-order valence-corrected chi connectivity index (χ0v) is 15.2. The Hall–Kier alpha value is -2.32. The second kappa shape index (κ2) is 11.3. The summed E-state index contributed by atoms with van der Waals surface area (Å²) in [6, 6.07) is 6.93. The van der Waals surface area contributed by atoms with Gasteiger partial charge in [-0.15, -0.1) is 0 Å². The second-order valence-corrected chi connectivity index (χ2v) is 5.90. The van der Waals surface area contributed by atoms with E-state index in [2.05, 4.69) is 15.5 Å². The standard InChI is InChI=1S/C18H27N3O5/c1-24-15-3-5-16(6-4-15)26-14-18(23)20-13-17(22)19-7-2-8-21-9-11-25-12-10-21/h3-6H,2,7-14H2,1H3,(H,19,22)(H,20,23). The van der Waals surface area contributed by atoms with E-state index in [4.69, 9.17) is 14.2 Å². The molecule has 0 saturated carbocycles. The van der Waals surface area contributed by atoms with Gasteiger partial charge in [-0.25, -0.2) is 0 Å². The predicted molar refractivity (Wildman–Crippen MR) is 96.4 cm³/mol. The number of hydrogen-bond acceptors (Lipinski definition) is 6. The summed E-state index contributed by atoms with van der Waals surface area (Å²) in [5.74, 6) is 0.731. The number of morpholine rings is 1. The molecule has 0 atom stereocenters. The number of nitrogens with zero attached hydrogens (tertiary/aromatic N) is 1. The van der Waals surface area contributed by atoms with Gasteiger partial charge < -0.3 is 24.8 Å². The van der Waals surface area contributed by atoms with Crippen molar-refractivity contribution in [1.29, 1.82) is 0 Å². The number of ether oxygens (including phenoxy) is 3. The van der Waals surface area contributed by atoms with Crippen LogP contribution in [0, 0.1) is 0 Å². The van der Waals surface area contributed by atoms with Crippen LogP contribution in [-0.4, -0.2) is 76.4 Å². The van der Waals surface area contributed by atoms with Gasteiger partial charge in [-0.3, -0.25) is 14.5 Å². The van der Waals surface area contributed by atoms with E-state index in [1.165, 1.54) is 0 Å². The molecule has 2 N–H and O–H groups in total. The molecule has 0 bridgehead atoms. The maximum atomic E-state index is 11.7. The van der Waals surface area contributed by atoms with Gasteiger partial charge in [0.05, 0.1) is 26.9 Å². The van der Waals surface area contributed by atoms with E-state index in [9.17, 15) is 9.59 Å². The van der Waals surface area contributed by atoms with Crippen molar-refractivity contribution in [2.24, 2.45) is 0 Å². The molecular formula is C18H27N3O5. The third-order valence-corrected chi connectivity index (χ3v) is 3.95. The Balaban J connectivity index is 1.51. The van der Waals surface area contributed by atoms with Crippen LogP contribution >= 0.6 is 0 Å². The summed E-state index contributed by atoms with van der Waals surface area (Å²) < 4.78 is 15.7. The minimum Gasteiger partial charge on any atom is -0.497 e. The molecule has 1 aromatic carbocycles. The van der Waals surface area contributed by atoms with Crippen molar-refractivity contribution in [2.45, 2.75) is 6.42 Å². The minimum atomic E-state index is -0.343. The summed E-state index contributed by atoms with van der Waals surface area (Å²) in [5, 5.41) is 5.34. The zero-order valence-electron chi connectivity index (χ0n) is 15.2. The quantitative estimate of drug-likeness (QED) is 0.569. The summed E-state index contributed by atoms with van der Waals surface area (Å²) in [7, 11) is 1.58. The number of hydrogen-bond donors (Lipinski definition) is 2. The fourth-order valence-electron chi connectivity index (χ4n) is 2.47. The molecule has 1 heterocycles. The molecular weight excluding hydrogens is 338 g/mol. The first-order chi connectivity index (χ1) is 12.7. The van der Waals surface area contributed by atoms with E-state index < -0.39 is 0 Å². The van der Waals surface area contributed by atoms with Crippen LogP contribution in [-0.2, 0) is 14.3 Å². The van der Waals surface area contributed by atoms with E-state index in [0.717, 1.165) is 39.3 Å². The lowest BCUT2D eigenvalue weighted by molar-refractivity contribution is -0.127. The highest BCUT2D eigenvalue weighted by Crippen LogP contribution is 2.16. The lowest BCUT2D eigenvalue weighted by atomic mass is 10.3. The number of carbonyl (C=O) groups excluding carboxylic acids is 2. The van der Waals surface area contributed by atoms with Crippen molar-refractivity contribution in [3.8, 4) is 11.5 Å². The van der Waals surface area contributed by atoms with Crippen molar-refractivity contribution in [2.75, 3.05) is 59.7 Å². The van der Waals surface area contributed by atoms with E-state index in [1.807, 2.05) is 0 Å². The summed E-state index contributed by atoms with van der Waals surface area (Å²) in [5.41, 5.74) is 0. The third kappa shape index (κ3) is 7.71. The first-order valence-corrected chi connectivity index (χ1v) is 8.78. The molecule has 0 spiro atoms. The fourth-order valence-corrected chi connectivity index (χ4v) is 2.47. The van der Waals surface area contributed by atoms with Gasteiger partial charge in [0, 0.05) is 19.6 Å². The molecule has 1 saturated heterocycles. The average Bonchev–Trinajstić information content (AvgIpc) is 2.69. The van der Waals surface area contributed by atoms with E-state index in [1.54, 1.807) is 31.4 Å². The Morgan fingerprint density at radius 2 is 1.77 bits per heavy atom. The van der Waals surface area contributed by atoms with E-state index in [-0.39, 0.29) is 25.0 Å². The van der Waals surface area contributed by atoms with E-state index >= 15 is 0 Å². The summed E-state index contributed by atoms with van der Waals surface area (Å²) in [4.78, 5) is 25.8. The van der Waals surface area contributed by atoms with Crippen molar-refractivity contribution in [3.63, 3.8) is 0 Å². The van der Waals surface area contributed by atoms with Crippen LogP contribution in [0.4, 0.5) is 0 Å². The lowest BCUT2D eigenvalue weighted by Crippen LogP contribution is -2.41. The molecule has 1 aliphatic rings. The Bertz CT molecular complexity index is 558. The Morgan fingerprint density at radius 3 is 2.46 bits per heavy atom. The van der Waals surface area contributed by atoms with Crippen LogP contribution in [0.25, 0.3) is 0 Å². The molecule has 2 amide bonds. The molecule has 8 nitrogen and oxygen atoms in total. The molecule has 144 valence electrons. The van der Waals surface area contributed by atoms with Gasteiger partial charge in [0.2, 0.25) is 5.91 Å². The number of methoxy groups -OCH3 is 1. The molecule has 0 unspecified atom stereocenters. The number of nitrogens with one attached hydrogen (secondary N) is 2. The van der Waals surface area contributed by atoms with Gasteiger partial charge in [0.15, 0.2) is 6.61 Å². The number of rotatable bonds is 10. The topological polar surface area (TPSA) is 89.1 Å². The Morgan fingerprint density at radius 1 is 1.08 bits per heavy atom. The van der Waals surface area contributed by atoms with Gasteiger partial charge in [-0.1, -0.05) is 0 Å². The minimum absolute atomic E-state index is 0.0532. The van der Waals surface area contributed by atoms with Crippen LogP contribution in [0.15, 0.2) is 24.3 Å². The van der Waals surface area contributed by atoms with Crippen molar-refractivity contribution < 1.29 is 23.8 Å². The first-order valence-electron chi connectivity index (χ1n) is 8.78. The number of benzene rings is 1. The molecule has 1 fully saturated rings. The van der Waals surface area contributed by atoms with Gasteiger partial charge in [0.25, 0.3) is 5.91 Å².